The van der Waals surface area contributed by atoms with Gasteiger partial charge in [0.1, 0.15) is 37.4 Å². The summed E-state index contributed by atoms with van der Waals surface area (Å²) in [6, 6.07) is -3.96. The Balaban J connectivity index is 0. The molecular formula is C57H107N4O19PS. The fraction of sp³-hybridized carbons (Fsp3) is 0.860. The van der Waals surface area contributed by atoms with Crippen LogP contribution in [-0.2, 0) is 71.1 Å². The van der Waals surface area contributed by atoms with Gasteiger partial charge in [-0.15, -0.1) is 0 Å². The largest absolute Gasteiger partial charge is 0.480 e. The monoisotopic (exact) mass is 1210 g/mol. The molecule has 0 spiro atoms. The molecule has 0 heterocycles. The predicted octanol–water partition coefficient (Wildman–Crippen LogP) is 8.16. The Kier molecular flexibility index (Phi) is 54.0. The number of ether oxygens (including phenoxy) is 5. The van der Waals surface area contributed by atoms with Gasteiger partial charge in [-0.3, -0.25) is 33.3 Å². The topological polar surface area (TPSA) is 366 Å². The molecule has 0 bridgehead atoms. The van der Waals surface area contributed by atoms with E-state index in [9.17, 15) is 48.0 Å². The molecule has 25 heteroatoms. The van der Waals surface area contributed by atoms with Crippen LogP contribution in [0.15, 0.2) is 0 Å². The number of nitrogens with two attached hydrogens (primary N) is 2. The van der Waals surface area contributed by atoms with Crippen LogP contribution >= 0.6 is 19.6 Å². The molecule has 2 amide bonds. The van der Waals surface area contributed by atoms with Gasteiger partial charge in [0.15, 0.2) is 6.10 Å². The molecule has 0 saturated heterocycles. The minimum Gasteiger partial charge on any atom is -0.480 e. The lowest BCUT2D eigenvalue weighted by Crippen LogP contribution is -2.50. The van der Waals surface area contributed by atoms with Crippen molar-refractivity contribution in [3.05, 3.63) is 0 Å². The fourth-order valence-electron chi connectivity index (χ4n) is 7.99. The maximum absolute atomic E-state index is 12.6. The zero-order valence-electron chi connectivity index (χ0n) is 50.1. The summed E-state index contributed by atoms with van der Waals surface area (Å²) < 4.78 is 41.0. The van der Waals surface area contributed by atoms with Crippen molar-refractivity contribution in [2.24, 2.45) is 11.5 Å². The van der Waals surface area contributed by atoms with E-state index < -0.39 is 81.0 Å². The van der Waals surface area contributed by atoms with Crippen LogP contribution in [0.1, 0.15) is 233 Å². The smallest absolute Gasteiger partial charge is 0.469 e. The van der Waals surface area contributed by atoms with Crippen LogP contribution in [0.4, 0.5) is 0 Å². The number of hydrogen-bond donors (Lipinski definition) is 8. The number of rotatable bonds is 54. The summed E-state index contributed by atoms with van der Waals surface area (Å²) in [6.07, 6.45) is 34.5. The maximum atomic E-state index is 12.6. The van der Waals surface area contributed by atoms with E-state index in [4.69, 9.17) is 45.3 Å². The number of carboxylic acid groups (broad SMARTS) is 1. The van der Waals surface area contributed by atoms with Gasteiger partial charge < -0.3 is 65.8 Å². The summed E-state index contributed by atoms with van der Waals surface area (Å²) in [5.74, 6) is -6.10. The fourth-order valence-corrected chi connectivity index (χ4v) is 8.91. The van der Waals surface area contributed by atoms with Crippen molar-refractivity contribution >= 4 is 67.2 Å². The first-order chi connectivity index (χ1) is 39.2. The Morgan fingerprint density at radius 1 is 0.537 bits per heavy atom. The minimum atomic E-state index is -4.87. The van der Waals surface area contributed by atoms with Crippen molar-refractivity contribution in [3.63, 3.8) is 0 Å². The molecular weight excluding hydrogens is 1110 g/mol. The van der Waals surface area contributed by atoms with E-state index in [2.05, 4.69) is 33.7 Å². The number of phosphoric acid groups is 1. The Morgan fingerprint density at radius 3 is 1.39 bits per heavy atom. The average Bonchev–Trinajstić information content (AvgIpc) is 3.45. The number of esters is 5. The molecule has 0 radical (unpaired) electrons. The molecule has 23 nitrogen and oxygen atoms in total. The number of carbonyl (C=O) groups is 8. The first kappa shape index (κ1) is 80.3. The SMILES string of the molecule is CCCCCCCCCCCCCCCC(=O)OC(CO)COCC(COC(=O)CCCC)OC(=O)CCCCCCCCCCCCCCC.CSCC(NC(=O)CCC(N)C(=O)O)C(=O)NCC(=O)OC(=O)[C@@H](N)COP(=O)(O)O. The van der Waals surface area contributed by atoms with Crippen LogP contribution in [0, 0.1) is 0 Å². The summed E-state index contributed by atoms with van der Waals surface area (Å²) >= 11 is 1.21. The second-order valence-electron chi connectivity index (χ2n) is 20.7. The second kappa shape index (κ2) is 55.2. The number of carboxylic acids is 1. The Morgan fingerprint density at radius 2 is 0.963 bits per heavy atom. The molecule has 0 aliphatic carbocycles. The van der Waals surface area contributed by atoms with Gasteiger partial charge in [-0.05, 0) is 31.9 Å². The van der Waals surface area contributed by atoms with Crippen LogP contribution in [0.2, 0.25) is 0 Å². The van der Waals surface area contributed by atoms with Gasteiger partial charge in [0.2, 0.25) is 11.8 Å². The van der Waals surface area contributed by atoms with E-state index in [1.54, 1.807) is 6.26 Å². The molecule has 4 unspecified atom stereocenters. The first-order valence-electron chi connectivity index (χ1n) is 30.2. The molecule has 0 aliphatic heterocycles. The third-order valence-corrected chi connectivity index (χ3v) is 14.0. The lowest BCUT2D eigenvalue weighted by Gasteiger charge is -2.20. The van der Waals surface area contributed by atoms with Crippen molar-refractivity contribution in [1.29, 1.82) is 0 Å². The average molecular weight is 1220 g/mol. The van der Waals surface area contributed by atoms with E-state index in [-0.39, 0.29) is 62.9 Å². The molecule has 0 aromatic heterocycles. The lowest BCUT2D eigenvalue weighted by atomic mass is 10.0. The number of aliphatic hydroxyl groups is 1. The highest BCUT2D eigenvalue weighted by atomic mass is 32.2. The molecule has 0 rings (SSSR count). The summed E-state index contributed by atoms with van der Waals surface area (Å²) in [6.45, 7) is 4.35. The van der Waals surface area contributed by atoms with Crippen molar-refractivity contribution in [1.82, 2.24) is 10.6 Å². The number of thioether (sulfide) groups is 1. The van der Waals surface area contributed by atoms with Gasteiger partial charge in [-0.2, -0.15) is 11.8 Å². The van der Waals surface area contributed by atoms with E-state index in [1.165, 1.54) is 140 Å². The van der Waals surface area contributed by atoms with E-state index in [1.807, 2.05) is 6.92 Å². The van der Waals surface area contributed by atoms with Gasteiger partial charge in [-0.25, -0.2) is 14.2 Å². The lowest BCUT2D eigenvalue weighted by molar-refractivity contribution is -0.166. The number of aliphatic carboxylic acids is 1. The molecule has 82 heavy (non-hydrogen) atoms. The van der Waals surface area contributed by atoms with Crippen LogP contribution in [0.5, 0.6) is 0 Å². The molecule has 0 aliphatic rings. The van der Waals surface area contributed by atoms with Crippen LogP contribution < -0.4 is 22.1 Å². The molecule has 0 fully saturated rings. The van der Waals surface area contributed by atoms with Crippen molar-refractivity contribution in [2.75, 3.05) is 51.6 Å². The number of amides is 2. The summed E-state index contributed by atoms with van der Waals surface area (Å²) in [5, 5.41) is 23.0. The van der Waals surface area contributed by atoms with E-state index in [0.717, 1.165) is 51.4 Å². The maximum Gasteiger partial charge on any atom is 0.469 e. The Labute approximate surface area is 493 Å². The quantitative estimate of drug-likeness (QED) is 0.00935. The highest BCUT2D eigenvalue weighted by molar-refractivity contribution is 7.98. The summed E-state index contributed by atoms with van der Waals surface area (Å²) in [4.78, 5) is 112. The highest BCUT2D eigenvalue weighted by Gasteiger charge is 2.26. The van der Waals surface area contributed by atoms with Crippen molar-refractivity contribution < 1.29 is 91.1 Å². The van der Waals surface area contributed by atoms with Crippen molar-refractivity contribution in [2.45, 2.75) is 263 Å². The third kappa shape index (κ3) is 53.0. The molecule has 10 N–H and O–H groups in total. The third-order valence-electron chi connectivity index (χ3n) is 12.9. The van der Waals surface area contributed by atoms with Crippen LogP contribution in [-0.4, -0.2) is 150 Å². The predicted molar refractivity (Wildman–Crippen MR) is 314 cm³/mol. The number of aliphatic hydroxyl groups excluding tert-OH is 1. The molecule has 0 aromatic rings. The van der Waals surface area contributed by atoms with E-state index in [0.29, 0.717) is 19.3 Å². The van der Waals surface area contributed by atoms with Crippen LogP contribution in [0.3, 0.4) is 0 Å². The van der Waals surface area contributed by atoms with Gasteiger partial charge in [0.25, 0.3) is 0 Å². The standard InChI is InChI=1S/C43H82O8.C14H25N4O11PS/c1-4-7-10-12-14-16-18-20-22-24-26-28-30-33-42(46)50-39(35-44)36-48-37-40(38-49-41(45)32-9-6-3)51-43(47)34-31-29-27-25-23-21-19-17-15-13-11-8-5-2;1-31-6-9(18-10(19)3-2-7(15)13(22)23)12(21)17-4-11(20)29-14(24)8(16)5-28-30(25,26)27/h39-40,44H,4-38H2,1-3H3;7-9H,2-6,15-16H2,1H3,(H,17,21)(H,18,19)(H,22,23)(H2,25,26,27)/t;7?,8-,9?/m.0/s1. The zero-order valence-corrected chi connectivity index (χ0v) is 51.8. The highest BCUT2D eigenvalue weighted by Crippen LogP contribution is 2.35. The molecule has 5 atom stereocenters. The number of phosphoric ester groups is 1. The van der Waals surface area contributed by atoms with Gasteiger partial charge in [0, 0.05) is 31.4 Å². The number of unbranched alkanes of at least 4 members (excludes halogenated alkanes) is 25. The minimum absolute atomic E-state index is 0.0156. The molecule has 0 aromatic carbocycles. The van der Waals surface area contributed by atoms with Gasteiger partial charge in [0.05, 0.1) is 26.4 Å². The van der Waals surface area contributed by atoms with Crippen LogP contribution in [0.25, 0.3) is 0 Å². The molecule has 480 valence electrons. The second-order valence-corrected chi connectivity index (χ2v) is 22.8. The molecule has 0 saturated carbocycles. The number of carbonyl (C=O) groups excluding carboxylic acids is 7. The zero-order chi connectivity index (χ0) is 61.7. The summed E-state index contributed by atoms with van der Waals surface area (Å²) in [7, 11) is -4.87. The number of nitrogens with one attached hydrogen (secondary N) is 2. The summed E-state index contributed by atoms with van der Waals surface area (Å²) in [5.41, 5.74) is 10.6. The Bertz CT molecular complexity index is 1750. The normalized spacial score (nSPS) is 13.1. The Hall–Kier alpha value is -3.74. The first-order valence-corrected chi connectivity index (χ1v) is 33.1. The van der Waals surface area contributed by atoms with Gasteiger partial charge >= 0.3 is 43.6 Å². The van der Waals surface area contributed by atoms with Crippen molar-refractivity contribution in [3.8, 4) is 0 Å². The van der Waals surface area contributed by atoms with E-state index >= 15 is 0 Å². The van der Waals surface area contributed by atoms with Gasteiger partial charge in [-0.1, -0.05) is 181 Å². The number of hydrogen-bond acceptors (Lipinski definition) is 19.